The van der Waals surface area contributed by atoms with Gasteiger partial charge < -0.3 is 19.7 Å². The Kier molecular flexibility index (Phi) is 9.39. The van der Waals surface area contributed by atoms with Gasteiger partial charge in [0.15, 0.2) is 5.78 Å². The number of aromatic nitrogens is 1. The Hall–Kier alpha value is -4.45. The van der Waals surface area contributed by atoms with E-state index in [0.717, 1.165) is 29.1 Å². The lowest BCUT2D eigenvalue weighted by atomic mass is 10.0. The minimum absolute atomic E-state index is 0.101. The Balaban J connectivity index is 1.52. The SMILES string of the molecule is Cc1cc(NC(=O)OC(C)(C)C)c(NC(=O)CC(=O)c2cccc(-c3ccnc(N4CCOCC4)c3)c2)cc1C(F)(F)F. The van der Waals surface area contributed by atoms with E-state index >= 15 is 0 Å². The molecule has 2 heterocycles. The molecule has 1 aliphatic heterocycles. The van der Waals surface area contributed by atoms with Gasteiger partial charge in [-0.05, 0) is 74.7 Å². The summed E-state index contributed by atoms with van der Waals surface area (Å²) in [5, 5.41) is 4.74. The quantitative estimate of drug-likeness (QED) is 0.237. The van der Waals surface area contributed by atoms with Crippen molar-refractivity contribution in [2.75, 3.05) is 41.8 Å². The lowest BCUT2D eigenvalue weighted by Gasteiger charge is -2.28. The maximum Gasteiger partial charge on any atom is 0.416 e. The predicted octanol–water partition coefficient (Wildman–Crippen LogP) is 6.47. The number of nitrogens with zero attached hydrogens (tertiary/aromatic N) is 2. The second-order valence-corrected chi connectivity index (χ2v) is 11.1. The van der Waals surface area contributed by atoms with Crippen molar-refractivity contribution >= 4 is 35.0 Å². The normalized spacial score (nSPS) is 13.8. The van der Waals surface area contributed by atoms with Gasteiger partial charge in [0.05, 0.1) is 36.6 Å². The molecule has 43 heavy (non-hydrogen) atoms. The fraction of sp³-hybridized carbons (Fsp3) is 0.355. The molecule has 3 aromatic rings. The highest BCUT2D eigenvalue weighted by molar-refractivity contribution is 6.12. The Morgan fingerprint density at radius 1 is 0.953 bits per heavy atom. The molecule has 0 bridgehead atoms. The summed E-state index contributed by atoms with van der Waals surface area (Å²) in [6.07, 6.45) is -4.58. The number of nitrogens with one attached hydrogen (secondary N) is 2. The maximum absolute atomic E-state index is 13.6. The number of anilines is 3. The van der Waals surface area contributed by atoms with Crippen LogP contribution in [0.15, 0.2) is 54.7 Å². The second kappa shape index (κ2) is 12.8. The summed E-state index contributed by atoms with van der Waals surface area (Å²) in [5.41, 5.74) is -0.630. The molecule has 1 fully saturated rings. The summed E-state index contributed by atoms with van der Waals surface area (Å²) in [6.45, 7) is 8.77. The van der Waals surface area contributed by atoms with Crippen LogP contribution < -0.4 is 15.5 Å². The number of alkyl halides is 3. The van der Waals surface area contributed by atoms with E-state index in [4.69, 9.17) is 9.47 Å². The van der Waals surface area contributed by atoms with E-state index in [1.807, 2.05) is 18.2 Å². The van der Waals surface area contributed by atoms with E-state index in [-0.39, 0.29) is 22.5 Å². The van der Waals surface area contributed by atoms with E-state index in [9.17, 15) is 27.6 Å². The van der Waals surface area contributed by atoms with Crippen molar-refractivity contribution in [2.45, 2.75) is 45.9 Å². The van der Waals surface area contributed by atoms with Gasteiger partial charge in [-0.25, -0.2) is 9.78 Å². The number of amides is 2. The van der Waals surface area contributed by atoms with Crippen LogP contribution in [0, 0.1) is 6.92 Å². The third-order valence-electron chi connectivity index (χ3n) is 6.50. The highest BCUT2D eigenvalue weighted by Crippen LogP contribution is 2.37. The van der Waals surface area contributed by atoms with Crippen LogP contribution in [0.1, 0.15) is 48.7 Å². The summed E-state index contributed by atoms with van der Waals surface area (Å²) in [5.74, 6) is -0.603. The molecule has 12 heteroatoms. The molecule has 4 rings (SSSR count). The smallest absolute Gasteiger partial charge is 0.416 e. The first-order chi connectivity index (χ1) is 20.2. The molecule has 228 valence electrons. The Morgan fingerprint density at radius 3 is 2.30 bits per heavy atom. The number of pyridine rings is 1. The summed E-state index contributed by atoms with van der Waals surface area (Å²) >= 11 is 0. The molecule has 2 aromatic carbocycles. The zero-order valence-corrected chi connectivity index (χ0v) is 24.3. The monoisotopic (exact) mass is 598 g/mol. The number of benzene rings is 2. The molecule has 2 N–H and O–H groups in total. The summed E-state index contributed by atoms with van der Waals surface area (Å²) in [6, 6.07) is 12.3. The number of morpholine rings is 1. The van der Waals surface area contributed by atoms with Crippen LogP contribution in [-0.4, -0.2) is 54.7 Å². The van der Waals surface area contributed by atoms with Gasteiger partial charge >= 0.3 is 12.3 Å². The van der Waals surface area contributed by atoms with Crippen LogP contribution in [0.5, 0.6) is 0 Å². The third-order valence-corrected chi connectivity index (χ3v) is 6.50. The minimum Gasteiger partial charge on any atom is -0.444 e. The van der Waals surface area contributed by atoms with Crippen LogP contribution in [0.3, 0.4) is 0 Å². The minimum atomic E-state index is -4.71. The number of ether oxygens (including phenoxy) is 2. The molecule has 0 aliphatic carbocycles. The highest BCUT2D eigenvalue weighted by atomic mass is 19.4. The van der Waals surface area contributed by atoms with Crippen LogP contribution in [-0.2, 0) is 20.4 Å². The number of rotatable bonds is 7. The summed E-state index contributed by atoms with van der Waals surface area (Å²) in [7, 11) is 0. The number of hydrogen-bond donors (Lipinski definition) is 2. The van der Waals surface area contributed by atoms with Gasteiger partial charge in [-0.3, -0.25) is 14.9 Å². The van der Waals surface area contributed by atoms with Crippen molar-refractivity contribution in [1.29, 1.82) is 0 Å². The lowest BCUT2D eigenvalue weighted by molar-refractivity contribution is -0.138. The van der Waals surface area contributed by atoms with Gasteiger partial charge in [0.25, 0.3) is 0 Å². The summed E-state index contributed by atoms with van der Waals surface area (Å²) < 4.78 is 51.5. The number of ketones is 1. The Bertz CT molecular complexity index is 1510. The van der Waals surface area contributed by atoms with Crippen molar-refractivity contribution < 1.29 is 37.0 Å². The maximum atomic E-state index is 13.6. The largest absolute Gasteiger partial charge is 0.444 e. The molecule has 0 saturated carbocycles. The molecule has 2 amide bonds. The number of Topliss-reactive ketones (excluding diaryl/α,β-unsaturated/α-hetero) is 1. The molecule has 1 aromatic heterocycles. The molecule has 0 spiro atoms. The number of carbonyl (C=O) groups excluding carboxylic acids is 3. The van der Waals surface area contributed by atoms with Crippen LogP contribution >= 0.6 is 0 Å². The van der Waals surface area contributed by atoms with E-state index in [2.05, 4.69) is 20.5 Å². The van der Waals surface area contributed by atoms with Crippen molar-refractivity contribution in [3.05, 3.63) is 71.4 Å². The van der Waals surface area contributed by atoms with Crippen molar-refractivity contribution in [2.24, 2.45) is 0 Å². The van der Waals surface area contributed by atoms with Crippen molar-refractivity contribution in [1.82, 2.24) is 4.98 Å². The third kappa shape index (κ3) is 8.54. The number of aryl methyl sites for hydroxylation is 1. The zero-order valence-electron chi connectivity index (χ0n) is 24.3. The first-order valence-corrected chi connectivity index (χ1v) is 13.6. The fourth-order valence-electron chi connectivity index (χ4n) is 4.51. The van der Waals surface area contributed by atoms with Crippen LogP contribution in [0.4, 0.5) is 35.2 Å². The topological polar surface area (TPSA) is 110 Å². The van der Waals surface area contributed by atoms with Gasteiger partial charge in [-0.2, -0.15) is 13.2 Å². The average molecular weight is 599 g/mol. The van der Waals surface area contributed by atoms with E-state index in [1.54, 1.807) is 45.2 Å². The Labute approximate surface area is 247 Å². The molecular formula is C31H33F3N4O5. The number of carbonyl (C=O) groups is 3. The second-order valence-electron chi connectivity index (χ2n) is 11.1. The van der Waals surface area contributed by atoms with Crippen LogP contribution in [0.25, 0.3) is 11.1 Å². The van der Waals surface area contributed by atoms with Gasteiger partial charge in [-0.1, -0.05) is 18.2 Å². The van der Waals surface area contributed by atoms with Gasteiger partial charge in [0.2, 0.25) is 5.91 Å². The van der Waals surface area contributed by atoms with E-state index in [0.29, 0.717) is 26.3 Å². The van der Waals surface area contributed by atoms with Gasteiger partial charge in [0.1, 0.15) is 11.4 Å². The van der Waals surface area contributed by atoms with Gasteiger partial charge in [0, 0.05) is 24.8 Å². The summed E-state index contributed by atoms with van der Waals surface area (Å²) in [4.78, 5) is 44.9. The van der Waals surface area contributed by atoms with Gasteiger partial charge in [-0.15, -0.1) is 0 Å². The zero-order chi connectivity index (χ0) is 31.4. The average Bonchev–Trinajstić information content (AvgIpc) is 2.93. The van der Waals surface area contributed by atoms with Crippen molar-refractivity contribution in [3.8, 4) is 11.1 Å². The first kappa shape index (κ1) is 31.5. The number of hydrogen-bond acceptors (Lipinski definition) is 7. The first-order valence-electron chi connectivity index (χ1n) is 13.6. The predicted molar refractivity (Wildman–Crippen MR) is 156 cm³/mol. The molecule has 9 nitrogen and oxygen atoms in total. The molecule has 0 atom stereocenters. The highest BCUT2D eigenvalue weighted by Gasteiger charge is 2.34. The molecular weight excluding hydrogens is 565 g/mol. The molecule has 1 aliphatic rings. The molecule has 1 saturated heterocycles. The fourth-order valence-corrected chi connectivity index (χ4v) is 4.51. The molecule has 0 radical (unpaired) electrons. The van der Waals surface area contributed by atoms with E-state index < -0.39 is 41.5 Å². The Morgan fingerprint density at radius 2 is 1.63 bits per heavy atom. The van der Waals surface area contributed by atoms with Crippen LogP contribution in [0.2, 0.25) is 0 Å². The van der Waals surface area contributed by atoms with E-state index in [1.165, 1.54) is 6.92 Å². The molecule has 0 unspecified atom stereocenters. The lowest BCUT2D eigenvalue weighted by Crippen LogP contribution is -2.36. The number of halogens is 3. The standard InChI is InChI=1S/C31H33F3N4O5/c1-19-14-24(37-29(41)43-30(2,3)4)25(17-23(19)31(32,33)34)36-28(40)18-26(39)22-7-5-6-20(15-22)21-8-9-35-27(16-21)38-10-12-42-13-11-38/h5-9,14-17H,10-13,18H2,1-4H3,(H,36,40)(H,37,41). The van der Waals surface area contributed by atoms with Crippen molar-refractivity contribution in [3.63, 3.8) is 0 Å².